The van der Waals surface area contributed by atoms with E-state index in [9.17, 15) is 14.0 Å². The highest BCUT2D eigenvalue weighted by Crippen LogP contribution is 2.74. The highest BCUT2D eigenvalue weighted by Gasteiger charge is 2.40. The van der Waals surface area contributed by atoms with Crippen LogP contribution in [0.1, 0.15) is 0 Å². The summed E-state index contributed by atoms with van der Waals surface area (Å²) >= 11 is 10.5. The van der Waals surface area contributed by atoms with Crippen molar-refractivity contribution in [1.82, 2.24) is 0 Å². The Morgan fingerprint density at radius 1 is 1.33 bits per heavy atom. The molecule has 6 nitrogen and oxygen atoms in total. The molecule has 0 saturated heterocycles. The number of nitrogens with one attached hydrogen (secondary N) is 1. The highest BCUT2D eigenvalue weighted by atomic mass is 35.5. The Kier molecular flexibility index (Phi) is 5.09. The molecule has 1 aromatic rings. The lowest BCUT2D eigenvalue weighted by molar-refractivity contribution is 0.378. The van der Waals surface area contributed by atoms with Gasteiger partial charge in [-0.25, -0.2) is 4.57 Å². The van der Waals surface area contributed by atoms with Crippen molar-refractivity contribution in [3.63, 3.8) is 0 Å². The van der Waals surface area contributed by atoms with Crippen LogP contribution < -0.4 is 5.32 Å². The van der Waals surface area contributed by atoms with E-state index in [1.54, 1.807) is 18.2 Å². The normalized spacial score (nSPS) is 14.9. The number of thiocarbonyl (C=S) groups is 1. The first-order valence-electron chi connectivity index (χ1n) is 4.55. The molecule has 0 aliphatic carbocycles. The van der Waals surface area contributed by atoms with Crippen molar-refractivity contribution in [2.24, 2.45) is 0 Å². The molecule has 0 amide bonds. The van der Waals surface area contributed by atoms with Gasteiger partial charge < -0.3 is 20.0 Å². The zero-order valence-electron chi connectivity index (χ0n) is 8.86. The van der Waals surface area contributed by atoms with Crippen LogP contribution in [0, 0.1) is 0 Å². The molecule has 0 aliphatic heterocycles. The molecule has 0 radical (unpaired) electrons. The molecule has 0 saturated carbocycles. The van der Waals surface area contributed by atoms with Crippen molar-refractivity contribution in [3.8, 4) is 0 Å². The summed E-state index contributed by atoms with van der Waals surface area (Å²) in [6.07, 6.45) is -0.793. The molecular formula is C8H10ClNO5P2S. The molecule has 10 heteroatoms. The lowest BCUT2D eigenvalue weighted by Crippen LogP contribution is -2.14. The van der Waals surface area contributed by atoms with E-state index in [1.165, 1.54) is 6.07 Å². The van der Waals surface area contributed by atoms with Gasteiger partial charge in [-0.3, -0.25) is 4.57 Å². The topological polar surface area (TPSA) is 107 Å². The molecule has 1 rings (SSSR count). The maximum Gasteiger partial charge on any atom is 0.407 e. The Morgan fingerprint density at radius 2 is 1.94 bits per heavy atom. The minimum Gasteiger partial charge on any atom is -0.350 e. The Balaban J connectivity index is 2.74. The molecule has 100 valence electrons. The molecule has 18 heavy (non-hydrogen) atoms. The van der Waals surface area contributed by atoms with E-state index in [0.29, 0.717) is 10.7 Å². The van der Waals surface area contributed by atoms with E-state index < -0.39 is 20.5 Å². The minimum absolute atomic E-state index is 0.147. The molecule has 1 atom stereocenters. The summed E-state index contributed by atoms with van der Waals surface area (Å²) in [6, 6.07) is 6.39. The Morgan fingerprint density at radius 3 is 2.44 bits per heavy atom. The number of anilines is 1. The maximum absolute atomic E-state index is 11.3. The van der Waals surface area contributed by atoms with Crippen LogP contribution in [0.4, 0.5) is 5.69 Å². The van der Waals surface area contributed by atoms with Crippen molar-refractivity contribution >= 4 is 48.8 Å². The zero-order chi connectivity index (χ0) is 14.0. The van der Waals surface area contributed by atoms with E-state index in [4.69, 9.17) is 33.6 Å². The van der Waals surface area contributed by atoms with E-state index in [2.05, 4.69) is 5.32 Å². The predicted octanol–water partition coefficient (Wildman–Crippen LogP) is 2.44. The van der Waals surface area contributed by atoms with E-state index in [1.807, 2.05) is 0 Å². The summed E-state index contributed by atoms with van der Waals surface area (Å²) in [7, 11) is -9.73. The summed E-state index contributed by atoms with van der Waals surface area (Å²) in [5.41, 5.74) is 0.471. The fraction of sp³-hybridized carbons (Fsp3) is 0.125. The summed E-state index contributed by atoms with van der Waals surface area (Å²) in [5, 5.41) is 3.02. The highest BCUT2D eigenvalue weighted by molar-refractivity contribution is 8.29. The number of hydrogen-bond donors (Lipinski definition) is 4. The van der Waals surface area contributed by atoms with Gasteiger partial charge in [0.25, 0.3) is 0 Å². The van der Waals surface area contributed by atoms with Gasteiger partial charge >= 0.3 is 14.3 Å². The first-order valence-corrected chi connectivity index (χ1v) is 9.50. The molecule has 0 spiro atoms. The largest absolute Gasteiger partial charge is 0.407 e. The Bertz CT molecular complexity index is 560. The smallest absolute Gasteiger partial charge is 0.350 e. The van der Waals surface area contributed by atoms with Crippen LogP contribution >= 0.6 is 38.2 Å². The standard InChI is InChI=1S/C8H10ClNO5P2S/c9-6-2-1-3-7(4-6)10-8(18)5-16(11,12)17(13,14)15/h1-4H,5H2,(H,10,18)(H,11,12)(H2,13,14,15). The second kappa shape index (κ2) is 5.80. The van der Waals surface area contributed by atoms with Gasteiger partial charge in [0.05, 0.1) is 11.2 Å². The van der Waals surface area contributed by atoms with Crippen molar-refractivity contribution in [3.05, 3.63) is 29.3 Å². The molecule has 0 fully saturated rings. The second-order valence-corrected chi connectivity index (χ2v) is 10.4. The fourth-order valence-corrected chi connectivity index (χ4v) is 3.78. The fourth-order valence-electron chi connectivity index (χ4n) is 1.05. The van der Waals surface area contributed by atoms with Crippen molar-refractivity contribution in [2.45, 2.75) is 0 Å². The van der Waals surface area contributed by atoms with Gasteiger partial charge in [-0.05, 0) is 18.2 Å². The molecule has 4 N–H and O–H groups in total. The quantitative estimate of drug-likeness (QED) is 0.496. The lowest BCUT2D eigenvalue weighted by atomic mass is 10.3. The third-order valence-corrected chi connectivity index (χ3v) is 6.97. The van der Waals surface area contributed by atoms with Gasteiger partial charge in [0.1, 0.15) is 0 Å². The number of rotatable bonds is 4. The van der Waals surface area contributed by atoms with Crippen molar-refractivity contribution < 1.29 is 23.8 Å². The molecule has 1 aromatic carbocycles. The van der Waals surface area contributed by atoms with Gasteiger partial charge in [0.15, 0.2) is 0 Å². The van der Waals surface area contributed by atoms with Gasteiger partial charge in [-0.2, -0.15) is 0 Å². The Labute approximate surface area is 113 Å². The van der Waals surface area contributed by atoms with Crippen LogP contribution in [-0.4, -0.2) is 25.8 Å². The van der Waals surface area contributed by atoms with Crippen LogP contribution in [0.2, 0.25) is 5.02 Å². The van der Waals surface area contributed by atoms with Crippen LogP contribution in [0.3, 0.4) is 0 Å². The second-order valence-electron chi connectivity index (χ2n) is 3.39. The van der Waals surface area contributed by atoms with Crippen molar-refractivity contribution in [1.29, 1.82) is 0 Å². The molecule has 0 bridgehead atoms. The van der Waals surface area contributed by atoms with Crippen LogP contribution in [-0.2, 0) is 9.13 Å². The predicted molar refractivity (Wildman–Crippen MR) is 74.4 cm³/mol. The van der Waals surface area contributed by atoms with E-state index in [0.717, 1.165) is 0 Å². The summed E-state index contributed by atoms with van der Waals surface area (Å²) in [6.45, 7) is 0. The van der Waals surface area contributed by atoms with Gasteiger partial charge in [0.2, 0.25) is 0 Å². The lowest BCUT2D eigenvalue weighted by Gasteiger charge is -2.14. The number of halogens is 1. The first kappa shape index (κ1) is 15.8. The number of hydrogen-bond acceptors (Lipinski definition) is 3. The van der Waals surface area contributed by atoms with Gasteiger partial charge in [0, 0.05) is 10.7 Å². The average Bonchev–Trinajstić information content (AvgIpc) is 2.14. The maximum atomic E-state index is 11.3. The van der Waals surface area contributed by atoms with Gasteiger partial charge in [-0.1, -0.05) is 29.9 Å². The molecular weight excluding hydrogens is 320 g/mol. The average molecular weight is 330 g/mol. The zero-order valence-corrected chi connectivity index (χ0v) is 12.2. The number of benzene rings is 1. The summed E-state index contributed by atoms with van der Waals surface area (Å²) < 4.78 is 22.1. The minimum atomic E-state index is -5.08. The van der Waals surface area contributed by atoms with Crippen molar-refractivity contribution in [2.75, 3.05) is 11.5 Å². The molecule has 0 aliphatic rings. The van der Waals surface area contributed by atoms with E-state index >= 15 is 0 Å². The third kappa shape index (κ3) is 4.44. The molecule has 0 aromatic heterocycles. The first-order chi connectivity index (χ1) is 8.12. The summed E-state index contributed by atoms with van der Waals surface area (Å²) in [5.74, 6) is 0. The third-order valence-electron chi connectivity index (χ3n) is 1.87. The SMILES string of the molecule is O=P(O)(O)P(=O)(O)CC(=S)Nc1cccc(Cl)c1. The van der Waals surface area contributed by atoms with Crippen LogP contribution in [0.5, 0.6) is 0 Å². The van der Waals surface area contributed by atoms with Gasteiger partial charge in [-0.15, -0.1) is 0 Å². The molecule has 0 heterocycles. The van der Waals surface area contributed by atoms with Crippen LogP contribution in [0.25, 0.3) is 0 Å². The monoisotopic (exact) mass is 329 g/mol. The Hall–Kier alpha value is -0.260. The summed E-state index contributed by atoms with van der Waals surface area (Å²) in [4.78, 5) is 26.4. The molecule has 1 unspecified atom stereocenters. The van der Waals surface area contributed by atoms with Crippen LogP contribution in [0.15, 0.2) is 24.3 Å². The van der Waals surface area contributed by atoms with E-state index in [-0.39, 0.29) is 4.99 Å².